The molecular formula is C15H20ClN3S. The molecule has 2 aromatic rings. The minimum absolute atomic E-state index is 0.210. The van der Waals surface area contributed by atoms with E-state index in [0.717, 1.165) is 24.2 Å². The van der Waals surface area contributed by atoms with Gasteiger partial charge in [-0.2, -0.15) is 0 Å². The fourth-order valence-corrected chi connectivity index (χ4v) is 3.60. The molecule has 0 bridgehead atoms. The van der Waals surface area contributed by atoms with Gasteiger partial charge in [-0.1, -0.05) is 24.9 Å². The van der Waals surface area contributed by atoms with E-state index in [9.17, 15) is 0 Å². The Morgan fingerprint density at radius 3 is 2.70 bits per heavy atom. The third-order valence-corrected chi connectivity index (χ3v) is 4.60. The van der Waals surface area contributed by atoms with Crippen LogP contribution in [0.2, 0.25) is 5.15 Å². The molecule has 0 saturated heterocycles. The van der Waals surface area contributed by atoms with Crippen LogP contribution in [-0.2, 0) is 6.42 Å². The smallest absolute Gasteiger partial charge is 0.137 e. The van der Waals surface area contributed by atoms with Crippen molar-refractivity contribution in [1.82, 2.24) is 9.97 Å². The molecule has 1 N–H and O–H groups in total. The van der Waals surface area contributed by atoms with E-state index in [4.69, 9.17) is 11.6 Å². The fraction of sp³-hybridized carbons (Fsp3) is 0.467. The summed E-state index contributed by atoms with van der Waals surface area (Å²) >= 11 is 8.01. The summed E-state index contributed by atoms with van der Waals surface area (Å²) in [5.41, 5.74) is 2.33. The molecule has 0 aliphatic carbocycles. The quantitative estimate of drug-likeness (QED) is 0.795. The van der Waals surface area contributed by atoms with Gasteiger partial charge in [0.25, 0.3) is 0 Å². The molecule has 2 rings (SSSR count). The molecule has 0 aliphatic rings. The van der Waals surface area contributed by atoms with Crippen LogP contribution in [0.1, 0.15) is 47.2 Å². The van der Waals surface area contributed by atoms with Gasteiger partial charge in [-0.25, -0.2) is 9.97 Å². The lowest BCUT2D eigenvalue weighted by Gasteiger charge is -2.17. The summed E-state index contributed by atoms with van der Waals surface area (Å²) in [6.45, 7) is 8.58. The van der Waals surface area contributed by atoms with Gasteiger partial charge in [0.2, 0.25) is 0 Å². The molecule has 2 heterocycles. The van der Waals surface area contributed by atoms with Crippen LogP contribution in [0.5, 0.6) is 0 Å². The van der Waals surface area contributed by atoms with Crippen molar-refractivity contribution in [3.05, 3.63) is 38.4 Å². The first kappa shape index (κ1) is 15.3. The summed E-state index contributed by atoms with van der Waals surface area (Å²) in [5.74, 6) is 0.850. The van der Waals surface area contributed by atoms with Crippen molar-refractivity contribution >= 4 is 28.8 Å². The average Bonchev–Trinajstić information content (AvgIpc) is 2.73. The first-order valence-electron chi connectivity index (χ1n) is 6.85. The Hall–Kier alpha value is -1.13. The topological polar surface area (TPSA) is 37.8 Å². The van der Waals surface area contributed by atoms with Gasteiger partial charge in [-0.3, -0.25) is 0 Å². The summed E-state index contributed by atoms with van der Waals surface area (Å²) < 4.78 is 0. The number of aromatic nitrogens is 2. The van der Waals surface area contributed by atoms with E-state index < -0.39 is 0 Å². The van der Waals surface area contributed by atoms with E-state index >= 15 is 0 Å². The summed E-state index contributed by atoms with van der Waals surface area (Å²) in [6.07, 6.45) is 3.42. The van der Waals surface area contributed by atoms with Crippen LogP contribution in [0.4, 0.5) is 5.82 Å². The highest BCUT2D eigenvalue weighted by molar-refractivity contribution is 7.12. The number of halogens is 1. The van der Waals surface area contributed by atoms with Gasteiger partial charge in [-0.05, 0) is 38.8 Å². The summed E-state index contributed by atoms with van der Waals surface area (Å²) in [5, 5.41) is 4.03. The summed E-state index contributed by atoms with van der Waals surface area (Å²) in [6, 6.07) is 2.45. The van der Waals surface area contributed by atoms with Crippen molar-refractivity contribution in [2.24, 2.45) is 0 Å². The van der Waals surface area contributed by atoms with E-state index in [1.54, 1.807) is 0 Å². The molecule has 3 nitrogen and oxygen atoms in total. The summed E-state index contributed by atoms with van der Waals surface area (Å²) in [7, 11) is 0. The maximum atomic E-state index is 6.18. The van der Waals surface area contributed by atoms with Crippen molar-refractivity contribution in [2.45, 2.75) is 46.6 Å². The highest BCUT2D eigenvalue weighted by Crippen LogP contribution is 2.30. The SMILES string of the molecule is CCCc1c(Cl)ncnc1NC(C)c1cc(C)sc1C. The van der Waals surface area contributed by atoms with E-state index in [1.165, 1.54) is 21.6 Å². The molecule has 0 aromatic carbocycles. The van der Waals surface area contributed by atoms with Crippen LogP contribution in [0, 0.1) is 13.8 Å². The highest BCUT2D eigenvalue weighted by Gasteiger charge is 2.15. The van der Waals surface area contributed by atoms with Crippen LogP contribution in [0.15, 0.2) is 12.4 Å². The highest BCUT2D eigenvalue weighted by atomic mass is 35.5. The van der Waals surface area contributed by atoms with Gasteiger partial charge < -0.3 is 5.32 Å². The van der Waals surface area contributed by atoms with Gasteiger partial charge >= 0.3 is 0 Å². The standard InChI is InChI=1S/C15H20ClN3S/c1-5-6-12-14(16)17-8-18-15(12)19-10(3)13-7-9(2)20-11(13)4/h7-8,10H,5-6H2,1-4H3,(H,17,18,19). The van der Waals surface area contributed by atoms with Gasteiger partial charge in [0.1, 0.15) is 17.3 Å². The van der Waals surface area contributed by atoms with Crippen LogP contribution in [0.3, 0.4) is 0 Å². The molecule has 1 atom stereocenters. The Kier molecular flexibility index (Phi) is 5.00. The largest absolute Gasteiger partial charge is 0.363 e. The van der Waals surface area contributed by atoms with E-state index in [-0.39, 0.29) is 6.04 Å². The molecule has 0 radical (unpaired) electrons. The van der Waals surface area contributed by atoms with Crippen LogP contribution in [0.25, 0.3) is 0 Å². The van der Waals surface area contributed by atoms with Crippen LogP contribution < -0.4 is 5.32 Å². The first-order valence-corrected chi connectivity index (χ1v) is 8.05. The molecule has 0 aliphatic heterocycles. The molecule has 20 heavy (non-hydrogen) atoms. The maximum Gasteiger partial charge on any atom is 0.137 e. The Balaban J connectivity index is 2.25. The van der Waals surface area contributed by atoms with E-state index in [1.807, 2.05) is 11.3 Å². The zero-order valence-electron chi connectivity index (χ0n) is 12.3. The monoisotopic (exact) mass is 309 g/mol. The second-order valence-corrected chi connectivity index (χ2v) is 6.79. The third kappa shape index (κ3) is 3.30. The van der Waals surface area contributed by atoms with Crippen molar-refractivity contribution in [2.75, 3.05) is 5.32 Å². The number of hydrogen-bond acceptors (Lipinski definition) is 4. The maximum absolute atomic E-state index is 6.18. The van der Waals surface area contributed by atoms with E-state index in [2.05, 4.69) is 49.0 Å². The Morgan fingerprint density at radius 2 is 2.10 bits per heavy atom. The predicted octanol–water partition coefficient (Wildman–Crippen LogP) is 4.93. The average molecular weight is 310 g/mol. The lowest BCUT2D eigenvalue weighted by atomic mass is 10.1. The number of thiophene rings is 1. The van der Waals surface area contributed by atoms with Gasteiger partial charge in [0, 0.05) is 15.3 Å². The molecule has 108 valence electrons. The van der Waals surface area contributed by atoms with Gasteiger partial charge in [0.05, 0.1) is 6.04 Å². The fourth-order valence-electron chi connectivity index (χ4n) is 2.35. The van der Waals surface area contributed by atoms with Crippen LogP contribution in [-0.4, -0.2) is 9.97 Å². The molecule has 0 fully saturated rings. The van der Waals surface area contributed by atoms with Crippen molar-refractivity contribution in [3.8, 4) is 0 Å². The second kappa shape index (κ2) is 6.55. The predicted molar refractivity (Wildman–Crippen MR) is 86.9 cm³/mol. The van der Waals surface area contributed by atoms with Crippen molar-refractivity contribution < 1.29 is 0 Å². The summed E-state index contributed by atoms with van der Waals surface area (Å²) in [4.78, 5) is 11.1. The molecule has 0 saturated carbocycles. The van der Waals surface area contributed by atoms with Gasteiger partial charge in [0.15, 0.2) is 0 Å². The minimum atomic E-state index is 0.210. The number of nitrogens with one attached hydrogen (secondary N) is 1. The Bertz CT molecular complexity index is 595. The minimum Gasteiger partial charge on any atom is -0.363 e. The first-order chi connectivity index (χ1) is 9.52. The zero-order valence-corrected chi connectivity index (χ0v) is 13.9. The Labute approximate surface area is 129 Å². The lowest BCUT2D eigenvalue weighted by molar-refractivity contribution is 0.845. The molecule has 2 aromatic heterocycles. The number of nitrogens with zero attached hydrogens (tertiary/aromatic N) is 2. The number of anilines is 1. The normalized spacial score (nSPS) is 12.4. The Morgan fingerprint density at radius 1 is 1.35 bits per heavy atom. The zero-order chi connectivity index (χ0) is 14.7. The van der Waals surface area contributed by atoms with Crippen molar-refractivity contribution in [3.63, 3.8) is 0 Å². The molecule has 1 unspecified atom stereocenters. The number of aryl methyl sites for hydroxylation is 2. The van der Waals surface area contributed by atoms with Crippen molar-refractivity contribution in [1.29, 1.82) is 0 Å². The lowest BCUT2D eigenvalue weighted by Crippen LogP contribution is -2.11. The number of rotatable bonds is 5. The molecular weight excluding hydrogens is 290 g/mol. The molecule has 5 heteroatoms. The van der Waals surface area contributed by atoms with E-state index in [0.29, 0.717) is 5.15 Å². The third-order valence-electron chi connectivity index (χ3n) is 3.29. The second-order valence-electron chi connectivity index (χ2n) is 4.98. The molecule has 0 spiro atoms. The van der Waals surface area contributed by atoms with Gasteiger partial charge in [-0.15, -0.1) is 11.3 Å². The number of hydrogen-bond donors (Lipinski definition) is 1. The van der Waals surface area contributed by atoms with Crippen LogP contribution >= 0.6 is 22.9 Å². The molecule has 0 amide bonds.